The second-order valence-electron chi connectivity index (χ2n) is 4.93. The third kappa shape index (κ3) is 2.56. The zero-order valence-electron chi connectivity index (χ0n) is 11.1. The predicted molar refractivity (Wildman–Crippen MR) is 74.1 cm³/mol. The Hall–Kier alpha value is -1.79. The highest BCUT2D eigenvalue weighted by Gasteiger charge is 2.30. The molecule has 1 heterocycles. The van der Waals surface area contributed by atoms with Crippen molar-refractivity contribution in [1.82, 2.24) is 4.31 Å². The number of hydrogen-bond acceptors (Lipinski definition) is 2. The van der Waals surface area contributed by atoms with Crippen LogP contribution in [0.2, 0.25) is 0 Å². The number of fused-ring (bicyclic) bond motifs is 1. The van der Waals surface area contributed by atoms with Gasteiger partial charge < -0.3 is 0 Å². The zero-order valence-corrected chi connectivity index (χ0v) is 11.9. The molecule has 0 spiro atoms. The zero-order chi connectivity index (χ0) is 15.0. The fourth-order valence-corrected chi connectivity index (χ4v) is 3.98. The number of sulfonamides is 1. The molecule has 110 valence electrons. The Morgan fingerprint density at radius 2 is 1.71 bits per heavy atom. The second kappa shape index (κ2) is 5.20. The van der Waals surface area contributed by atoms with Crippen LogP contribution in [0.1, 0.15) is 11.1 Å². The molecule has 0 bridgehead atoms. The first-order chi connectivity index (χ1) is 9.98. The summed E-state index contributed by atoms with van der Waals surface area (Å²) < 4.78 is 53.1. The molecule has 2 aromatic carbocycles. The van der Waals surface area contributed by atoms with E-state index in [1.165, 1.54) is 4.31 Å². The first-order valence-electron chi connectivity index (χ1n) is 6.50. The smallest absolute Gasteiger partial charge is 0.207 e. The number of hydrogen-bond donors (Lipinski definition) is 0. The Bertz CT molecular complexity index is 790. The van der Waals surface area contributed by atoms with Gasteiger partial charge in [-0.25, -0.2) is 17.2 Å². The largest absolute Gasteiger partial charge is 0.246 e. The van der Waals surface area contributed by atoms with Crippen molar-refractivity contribution in [3.05, 3.63) is 65.2 Å². The summed E-state index contributed by atoms with van der Waals surface area (Å²) in [7, 11) is -4.04. The van der Waals surface area contributed by atoms with Gasteiger partial charge in [-0.15, -0.1) is 0 Å². The van der Waals surface area contributed by atoms with E-state index in [2.05, 4.69) is 0 Å². The molecular weight excluding hydrogens is 296 g/mol. The lowest BCUT2D eigenvalue weighted by Crippen LogP contribution is -2.36. The van der Waals surface area contributed by atoms with Crippen molar-refractivity contribution >= 4 is 10.0 Å². The van der Waals surface area contributed by atoms with Gasteiger partial charge in [0.15, 0.2) is 0 Å². The van der Waals surface area contributed by atoms with Crippen LogP contribution in [0.25, 0.3) is 0 Å². The maximum absolute atomic E-state index is 13.7. The Labute approximate surface area is 121 Å². The van der Waals surface area contributed by atoms with E-state index in [1.807, 2.05) is 24.3 Å². The van der Waals surface area contributed by atoms with Crippen molar-refractivity contribution in [3.8, 4) is 0 Å². The van der Waals surface area contributed by atoms with E-state index in [9.17, 15) is 17.2 Å². The highest BCUT2D eigenvalue weighted by atomic mass is 32.2. The summed E-state index contributed by atoms with van der Waals surface area (Å²) in [4.78, 5) is -0.609. The standard InChI is InChI=1S/C15H13F2NO2S/c16-13-5-6-14(17)15(9-13)21(19,20)18-8-7-11-3-1-2-4-12(11)10-18/h1-6,9H,7-8,10H2. The Balaban J connectivity index is 1.99. The highest BCUT2D eigenvalue weighted by molar-refractivity contribution is 7.89. The molecule has 0 atom stereocenters. The van der Waals surface area contributed by atoms with E-state index < -0.39 is 26.6 Å². The minimum absolute atomic E-state index is 0.175. The molecule has 3 nitrogen and oxygen atoms in total. The van der Waals surface area contributed by atoms with Crippen molar-refractivity contribution in [1.29, 1.82) is 0 Å². The van der Waals surface area contributed by atoms with Crippen molar-refractivity contribution in [2.75, 3.05) is 6.54 Å². The predicted octanol–water partition coefficient (Wildman–Crippen LogP) is 2.71. The van der Waals surface area contributed by atoms with Crippen LogP contribution in [-0.4, -0.2) is 19.3 Å². The molecule has 0 fully saturated rings. The summed E-state index contributed by atoms with van der Waals surface area (Å²) in [5, 5.41) is 0. The SMILES string of the molecule is O=S(=O)(c1cc(F)ccc1F)N1CCc2ccccc2C1. The van der Waals surface area contributed by atoms with Crippen LogP contribution in [0.3, 0.4) is 0 Å². The third-order valence-electron chi connectivity index (χ3n) is 3.61. The minimum Gasteiger partial charge on any atom is -0.207 e. The lowest BCUT2D eigenvalue weighted by Gasteiger charge is -2.28. The molecule has 2 aromatic rings. The van der Waals surface area contributed by atoms with Crippen LogP contribution in [0.4, 0.5) is 8.78 Å². The van der Waals surface area contributed by atoms with Gasteiger partial charge in [0.1, 0.15) is 16.5 Å². The first-order valence-corrected chi connectivity index (χ1v) is 7.94. The molecule has 0 N–H and O–H groups in total. The molecule has 6 heteroatoms. The molecule has 1 aliphatic heterocycles. The third-order valence-corrected chi connectivity index (χ3v) is 5.47. The van der Waals surface area contributed by atoms with Crippen LogP contribution in [0.15, 0.2) is 47.4 Å². The van der Waals surface area contributed by atoms with Crippen LogP contribution < -0.4 is 0 Å². The molecule has 0 amide bonds. The van der Waals surface area contributed by atoms with E-state index in [0.717, 1.165) is 29.3 Å². The second-order valence-corrected chi connectivity index (χ2v) is 6.84. The quantitative estimate of drug-likeness (QED) is 0.855. The Kier molecular flexibility index (Phi) is 3.51. The molecule has 0 aliphatic carbocycles. The fraction of sp³-hybridized carbons (Fsp3) is 0.200. The lowest BCUT2D eigenvalue weighted by atomic mass is 10.0. The van der Waals surface area contributed by atoms with Crippen LogP contribution >= 0.6 is 0 Å². The molecule has 0 unspecified atom stereocenters. The Morgan fingerprint density at radius 1 is 1.00 bits per heavy atom. The Morgan fingerprint density at radius 3 is 2.48 bits per heavy atom. The fourth-order valence-electron chi connectivity index (χ4n) is 2.49. The molecular formula is C15H13F2NO2S. The maximum Gasteiger partial charge on any atom is 0.246 e. The van der Waals surface area contributed by atoms with Gasteiger partial charge in [0.25, 0.3) is 0 Å². The van der Waals surface area contributed by atoms with E-state index in [-0.39, 0.29) is 13.1 Å². The lowest BCUT2D eigenvalue weighted by molar-refractivity contribution is 0.388. The van der Waals surface area contributed by atoms with Crippen molar-refractivity contribution in [2.45, 2.75) is 17.9 Å². The van der Waals surface area contributed by atoms with Crippen LogP contribution in [0, 0.1) is 11.6 Å². The van der Waals surface area contributed by atoms with E-state index >= 15 is 0 Å². The molecule has 0 aromatic heterocycles. The topological polar surface area (TPSA) is 37.4 Å². The summed E-state index contributed by atoms with van der Waals surface area (Å²) in [6.07, 6.45) is 0.562. The number of halogens is 2. The van der Waals surface area contributed by atoms with Gasteiger partial charge >= 0.3 is 0 Å². The summed E-state index contributed by atoms with van der Waals surface area (Å²) in [5.74, 6) is -1.71. The van der Waals surface area contributed by atoms with Gasteiger partial charge in [0.05, 0.1) is 0 Å². The van der Waals surface area contributed by atoms with E-state index in [4.69, 9.17) is 0 Å². The first kappa shape index (κ1) is 14.2. The normalized spacial score (nSPS) is 15.7. The highest BCUT2D eigenvalue weighted by Crippen LogP contribution is 2.26. The van der Waals surface area contributed by atoms with Gasteiger partial charge in [-0.2, -0.15) is 4.31 Å². The average Bonchev–Trinajstić information content (AvgIpc) is 2.49. The van der Waals surface area contributed by atoms with Crippen LogP contribution in [0.5, 0.6) is 0 Å². The van der Waals surface area contributed by atoms with E-state index in [1.54, 1.807) is 0 Å². The monoisotopic (exact) mass is 309 g/mol. The molecule has 3 rings (SSSR count). The van der Waals surface area contributed by atoms with Crippen molar-refractivity contribution in [2.24, 2.45) is 0 Å². The maximum atomic E-state index is 13.7. The molecule has 0 saturated heterocycles. The van der Waals surface area contributed by atoms with Crippen molar-refractivity contribution < 1.29 is 17.2 Å². The summed E-state index contributed by atoms with van der Waals surface area (Å²) >= 11 is 0. The summed E-state index contributed by atoms with van der Waals surface area (Å²) in [6, 6.07) is 9.99. The molecule has 21 heavy (non-hydrogen) atoms. The molecule has 0 radical (unpaired) electrons. The van der Waals surface area contributed by atoms with Gasteiger partial charge in [-0.1, -0.05) is 24.3 Å². The number of rotatable bonds is 2. The molecule has 1 aliphatic rings. The van der Waals surface area contributed by atoms with Crippen molar-refractivity contribution in [3.63, 3.8) is 0 Å². The van der Waals surface area contributed by atoms with E-state index in [0.29, 0.717) is 6.42 Å². The number of benzene rings is 2. The minimum atomic E-state index is -4.04. The molecule has 0 saturated carbocycles. The van der Waals surface area contributed by atoms with Gasteiger partial charge in [-0.05, 0) is 35.7 Å². The van der Waals surface area contributed by atoms with Gasteiger partial charge in [0, 0.05) is 13.1 Å². The summed E-state index contributed by atoms with van der Waals surface area (Å²) in [5.41, 5.74) is 1.98. The summed E-state index contributed by atoms with van der Waals surface area (Å²) in [6.45, 7) is 0.434. The van der Waals surface area contributed by atoms with Crippen LogP contribution in [-0.2, 0) is 23.0 Å². The number of nitrogens with zero attached hydrogens (tertiary/aromatic N) is 1. The van der Waals surface area contributed by atoms with Gasteiger partial charge in [-0.3, -0.25) is 0 Å². The van der Waals surface area contributed by atoms with Gasteiger partial charge in [0.2, 0.25) is 10.0 Å². The average molecular weight is 309 g/mol.